The Morgan fingerprint density at radius 1 is 1.18 bits per heavy atom. The maximum absolute atomic E-state index is 13.5. The second-order valence-electron chi connectivity index (χ2n) is 12.3. The molecule has 214 valence electrons. The minimum absolute atomic E-state index is 0.0302. The summed E-state index contributed by atoms with van der Waals surface area (Å²) in [6.07, 6.45) is -4.75. The van der Waals surface area contributed by atoms with Gasteiger partial charge in [-0.1, -0.05) is 26.3 Å². The van der Waals surface area contributed by atoms with E-state index >= 15 is 0 Å². The molecule has 11 heteroatoms. The van der Waals surface area contributed by atoms with Gasteiger partial charge in [0.05, 0.1) is 25.7 Å². The van der Waals surface area contributed by atoms with Crippen molar-refractivity contribution in [1.29, 1.82) is 0 Å². The lowest BCUT2D eigenvalue weighted by Crippen LogP contribution is -2.79. The minimum Gasteiger partial charge on any atom is -0.504 e. The van der Waals surface area contributed by atoms with Crippen LogP contribution >= 0.6 is 0 Å². The van der Waals surface area contributed by atoms with Crippen molar-refractivity contribution < 1.29 is 53.4 Å². The molecule has 0 aromatic heterocycles. The number of esters is 3. The topological polar surface area (TPSA) is 166 Å². The van der Waals surface area contributed by atoms with Crippen LogP contribution in [-0.4, -0.2) is 82.7 Å². The molecule has 2 unspecified atom stereocenters. The van der Waals surface area contributed by atoms with E-state index in [1.807, 2.05) is 13.8 Å². The molecular formula is C28H36O11. The minimum atomic E-state index is -2.22. The van der Waals surface area contributed by atoms with Crippen LogP contribution in [0.3, 0.4) is 0 Å². The second kappa shape index (κ2) is 8.87. The van der Waals surface area contributed by atoms with Crippen molar-refractivity contribution in [1.82, 2.24) is 0 Å². The molecule has 39 heavy (non-hydrogen) atoms. The van der Waals surface area contributed by atoms with Crippen LogP contribution in [-0.2, 0) is 38.1 Å². The number of allylic oxidation sites excluding steroid dienone is 3. The molecule has 3 aliphatic carbocycles. The average molecular weight is 549 g/mol. The van der Waals surface area contributed by atoms with Gasteiger partial charge in [-0.15, -0.1) is 0 Å². The number of rotatable bonds is 4. The highest BCUT2D eigenvalue weighted by atomic mass is 16.6. The normalized spacial score (nSPS) is 44.9. The van der Waals surface area contributed by atoms with Crippen LogP contribution in [0.1, 0.15) is 47.5 Å². The van der Waals surface area contributed by atoms with Crippen molar-refractivity contribution in [3.05, 3.63) is 23.0 Å². The van der Waals surface area contributed by atoms with Gasteiger partial charge in [-0.25, -0.2) is 14.4 Å². The molecule has 2 bridgehead atoms. The van der Waals surface area contributed by atoms with E-state index in [-0.39, 0.29) is 31.1 Å². The fourth-order valence-electron chi connectivity index (χ4n) is 8.37. The van der Waals surface area contributed by atoms with E-state index in [0.717, 1.165) is 7.11 Å². The standard InChI is InChI=1S/C28H36O11/c1-11(2)12(3)7-17(30)39-20-22-27-10-37-28(22,25(35)36-6)23(33)19(32)21(27)26(5)9-15(29)18(31)13(4)14(26)8-16(27)38-24(20)34/h7,11,14,16,19-23,31-33H,8-10H2,1-6H3/b12-7+/t14-,16?,19+,20+,21+,22?,23-,26-,27+,28-/m0/s1. The third-order valence-corrected chi connectivity index (χ3v) is 10.3. The Kier molecular flexibility index (Phi) is 6.32. The molecule has 0 aromatic carbocycles. The van der Waals surface area contributed by atoms with Crippen LogP contribution in [0, 0.1) is 34.5 Å². The van der Waals surface area contributed by atoms with Gasteiger partial charge in [0.25, 0.3) is 0 Å². The molecule has 11 nitrogen and oxygen atoms in total. The van der Waals surface area contributed by atoms with Gasteiger partial charge < -0.3 is 34.3 Å². The summed E-state index contributed by atoms with van der Waals surface area (Å²) in [4.78, 5) is 52.8. The summed E-state index contributed by atoms with van der Waals surface area (Å²) in [6, 6.07) is 0. The number of ether oxygens (including phenoxy) is 4. The number of carbonyl (C=O) groups excluding carboxylic acids is 4. The zero-order valence-corrected chi connectivity index (χ0v) is 22.9. The van der Waals surface area contributed by atoms with E-state index in [1.54, 1.807) is 20.8 Å². The molecule has 4 fully saturated rings. The first-order chi connectivity index (χ1) is 18.2. The van der Waals surface area contributed by atoms with Crippen LogP contribution in [0.5, 0.6) is 0 Å². The van der Waals surface area contributed by atoms with Crippen molar-refractivity contribution >= 4 is 23.7 Å². The van der Waals surface area contributed by atoms with Crippen LogP contribution < -0.4 is 0 Å². The number of aliphatic hydroxyl groups is 3. The number of aliphatic hydroxyl groups excluding tert-OH is 3. The predicted octanol–water partition coefficient (Wildman–Crippen LogP) is 1.15. The van der Waals surface area contributed by atoms with Crippen LogP contribution in [0.2, 0.25) is 0 Å². The SMILES string of the molecule is COC(=O)[C@@]12OC[C@@]34C(C[C@H]5C(C)=C(O)C(=O)C[C@]5(C)[C@H]3[C@@H](O)[C@@H]1O)OC(=O)[C@H](OC(=O)/C=C(\C)C(C)C)C42. The van der Waals surface area contributed by atoms with E-state index in [0.29, 0.717) is 11.1 Å². The molecule has 2 saturated heterocycles. The van der Waals surface area contributed by atoms with Crippen molar-refractivity contribution in [3.8, 4) is 0 Å². The summed E-state index contributed by atoms with van der Waals surface area (Å²) in [5, 5.41) is 33.7. The van der Waals surface area contributed by atoms with E-state index in [1.165, 1.54) is 6.08 Å². The van der Waals surface area contributed by atoms with Crippen molar-refractivity contribution in [2.75, 3.05) is 13.7 Å². The van der Waals surface area contributed by atoms with Gasteiger partial charge in [0, 0.05) is 23.8 Å². The number of Topliss-reactive ketones (excluding diaryl/α,β-unsaturated/α-hetero) is 1. The Morgan fingerprint density at radius 2 is 1.85 bits per heavy atom. The monoisotopic (exact) mass is 548 g/mol. The summed E-state index contributed by atoms with van der Waals surface area (Å²) in [5.74, 6) is -6.26. The maximum Gasteiger partial charge on any atom is 0.348 e. The number of carbonyl (C=O) groups is 4. The van der Waals surface area contributed by atoms with Gasteiger partial charge in [0.15, 0.2) is 11.5 Å². The Balaban J connectivity index is 1.71. The fourth-order valence-corrected chi connectivity index (χ4v) is 8.37. The third-order valence-electron chi connectivity index (χ3n) is 10.3. The number of methoxy groups -OCH3 is 1. The molecule has 10 atom stereocenters. The largest absolute Gasteiger partial charge is 0.504 e. The maximum atomic E-state index is 13.5. The molecule has 5 aliphatic rings. The zero-order chi connectivity index (χ0) is 28.8. The highest BCUT2D eigenvalue weighted by Gasteiger charge is 2.85. The van der Waals surface area contributed by atoms with Gasteiger partial charge in [-0.3, -0.25) is 4.79 Å². The Labute approximate surface area is 226 Å². The molecular weight excluding hydrogens is 512 g/mol. The lowest BCUT2D eigenvalue weighted by Gasteiger charge is -2.67. The van der Waals surface area contributed by atoms with Crippen molar-refractivity contribution in [2.45, 2.75) is 77.5 Å². The van der Waals surface area contributed by atoms with E-state index in [9.17, 15) is 34.5 Å². The molecule has 2 aliphatic heterocycles. The molecule has 2 saturated carbocycles. The van der Waals surface area contributed by atoms with Crippen molar-refractivity contribution in [3.63, 3.8) is 0 Å². The Morgan fingerprint density at radius 3 is 2.46 bits per heavy atom. The zero-order valence-electron chi connectivity index (χ0n) is 22.9. The van der Waals surface area contributed by atoms with Crippen molar-refractivity contribution in [2.24, 2.45) is 34.5 Å². The first-order valence-corrected chi connectivity index (χ1v) is 13.3. The van der Waals surface area contributed by atoms with E-state index < -0.39 is 82.3 Å². The molecule has 3 N–H and O–H groups in total. The molecule has 0 aromatic rings. The second-order valence-corrected chi connectivity index (χ2v) is 12.3. The molecule has 0 radical (unpaired) electrons. The molecule has 1 spiro atoms. The van der Waals surface area contributed by atoms with E-state index in [4.69, 9.17) is 18.9 Å². The van der Waals surface area contributed by atoms with Gasteiger partial charge in [-0.05, 0) is 43.1 Å². The van der Waals surface area contributed by atoms with Gasteiger partial charge >= 0.3 is 17.9 Å². The number of hydrogen-bond acceptors (Lipinski definition) is 11. The first-order valence-electron chi connectivity index (χ1n) is 13.3. The fraction of sp³-hybridized carbons (Fsp3) is 0.714. The smallest absolute Gasteiger partial charge is 0.348 e. The summed E-state index contributed by atoms with van der Waals surface area (Å²) < 4.78 is 22.7. The van der Waals surface area contributed by atoms with Crippen LogP contribution in [0.25, 0.3) is 0 Å². The quantitative estimate of drug-likeness (QED) is 0.262. The van der Waals surface area contributed by atoms with Gasteiger partial charge in [-0.2, -0.15) is 0 Å². The molecule has 5 rings (SSSR count). The van der Waals surface area contributed by atoms with Crippen LogP contribution in [0.4, 0.5) is 0 Å². The lowest BCUT2D eigenvalue weighted by atomic mass is 9.38. The summed E-state index contributed by atoms with van der Waals surface area (Å²) in [7, 11) is 1.10. The predicted molar refractivity (Wildman–Crippen MR) is 132 cm³/mol. The average Bonchev–Trinajstić information content (AvgIpc) is 3.18. The summed E-state index contributed by atoms with van der Waals surface area (Å²) in [5.41, 5.74) is -3.43. The highest BCUT2D eigenvalue weighted by Crippen LogP contribution is 2.72. The summed E-state index contributed by atoms with van der Waals surface area (Å²) in [6.45, 7) is 8.72. The molecule has 2 heterocycles. The lowest BCUT2D eigenvalue weighted by molar-refractivity contribution is -0.290. The Hall–Kier alpha value is -2.76. The third kappa shape index (κ3) is 3.39. The number of ketones is 1. The van der Waals surface area contributed by atoms with E-state index in [2.05, 4.69) is 0 Å². The molecule has 0 amide bonds. The van der Waals surface area contributed by atoms with Gasteiger partial charge in [0.1, 0.15) is 12.2 Å². The number of fused-ring (bicyclic) bond motifs is 2. The highest BCUT2D eigenvalue weighted by molar-refractivity contribution is 5.95. The number of hydrogen-bond donors (Lipinski definition) is 3. The van der Waals surface area contributed by atoms with Crippen LogP contribution in [0.15, 0.2) is 23.0 Å². The van der Waals surface area contributed by atoms with Gasteiger partial charge in [0.2, 0.25) is 11.7 Å². The Bertz CT molecular complexity index is 1200. The summed E-state index contributed by atoms with van der Waals surface area (Å²) >= 11 is 0. The first kappa shape index (κ1) is 27.8.